The Kier molecular flexibility index (Phi) is 4.62. The Bertz CT molecular complexity index is 1310. The number of ether oxygens (including phenoxy) is 1. The molecule has 0 radical (unpaired) electrons. The van der Waals surface area contributed by atoms with Gasteiger partial charge in [-0.25, -0.2) is 9.18 Å². The standard InChI is InChI=1S/C24H25FN2O4/c1-3-24(30)18-9-15-11-26-20-10-19(25)13(2)16-6-4-5-14(21(16)20)7-8-27(15)22(28)17(18)12-31-23(24)29/h9-10,30H,3-8,11-12H2,1-2H3/t24-/m0/s1. The van der Waals surface area contributed by atoms with Crippen molar-refractivity contribution < 1.29 is 19.0 Å². The highest BCUT2D eigenvalue weighted by Gasteiger charge is 2.44. The SMILES string of the molecule is CC[C@@]1(O)C(=O)OCc2c1cc1n(c2=O)CCC2=c3c(c(C)c(F)cc3=NC1)CCC2. The van der Waals surface area contributed by atoms with Gasteiger partial charge in [0, 0.05) is 23.0 Å². The fourth-order valence-electron chi connectivity index (χ4n) is 5.21. The van der Waals surface area contributed by atoms with E-state index in [4.69, 9.17) is 9.73 Å². The average molecular weight is 424 g/mol. The largest absolute Gasteiger partial charge is 0.458 e. The van der Waals surface area contributed by atoms with Crippen LogP contribution in [-0.2, 0) is 41.2 Å². The summed E-state index contributed by atoms with van der Waals surface area (Å²) in [5.41, 5.74) is 2.05. The summed E-state index contributed by atoms with van der Waals surface area (Å²) in [5, 5.41) is 12.6. The summed E-state index contributed by atoms with van der Waals surface area (Å²) in [6, 6.07) is 3.20. The van der Waals surface area contributed by atoms with Crippen molar-refractivity contribution in [1.82, 2.24) is 4.57 Å². The maximum absolute atomic E-state index is 14.6. The number of fused-ring (bicyclic) bond motifs is 2. The normalized spacial score (nSPS) is 22.2. The smallest absolute Gasteiger partial charge is 0.343 e. The zero-order valence-electron chi connectivity index (χ0n) is 17.8. The predicted octanol–water partition coefficient (Wildman–Crippen LogP) is 1.66. The number of carbonyl (C=O) groups is 1. The van der Waals surface area contributed by atoms with Gasteiger partial charge in [0.15, 0.2) is 5.60 Å². The predicted molar refractivity (Wildman–Crippen MR) is 111 cm³/mol. The van der Waals surface area contributed by atoms with Gasteiger partial charge in [-0.05, 0) is 62.3 Å². The van der Waals surface area contributed by atoms with Crippen molar-refractivity contribution in [2.45, 2.75) is 71.2 Å². The van der Waals surface area contributed by atoms with Gasteiger partial charge in [0.1, 0.15) is 12.4 Å². The monoisotopic (exact) mass is 424 g/mol. The summed E-state index contributed by atoms with van der Waals surface area (Å²) in [6.45, 7) is 3.99. The van der Waals surface area contributed by atoms with Crippen LogP contribution in [0.2, 0.25) is 0 Å². The van der Waals surface area contributed by atoms with Crippen LogP contribution < -0.4 is 16.1 Å². The summed E-state index contributed by atoms with van der Waals surface area (Å²) < 4.78 is 21.4. The first-order valence-electron chi connectivity index (χ1n) is 10.9. The molecule has 1 atom stereocenters. The van der Waals surface area contributed by atoms with Crippen LogP contribution in [0.5, 0.6) is 0 Å². The second-order valence-electron chi connectivity index (χ2n) is 8.65. The van der Waals surface area contributed by atoms with E-state index in [-0.39, 0.29) is 30.9 Å². The molecule has 7 heteroatoms. The van der Waals surface area contributed by atoms with E-state index in [0.29, 0.717) is 40.7 Å². The third-order valence-corrected chi connectivity index (χ3v) is 7.07. The fraction of sp³-hybridized carbons (Fsp3) is 0.458. The summed E-state index contributed by atoms with van der Waals surface area (Å²) >= 11 is 0. The zero-order chi connectivity index (χ0) is 21.9. The van der Waals surface area contributed by atoms with E-state index in [2.05, 4.69) is 0 Å². The van der Waals surface area contributed by atoms with Gasteiger partial charge in [-0.1, -0.05) is 12.5 Å². The maximum atomic E-state index is 14.6. The molecule has 31 heavy (non-hydrogen) atoms. The number of nitrogens with zero attached hydrogens (tertiary/aromatic N) is 2. The number of halogens is 1. The van der Waals surface area contributed by atoms with Gasteiger partial charge in [-0.3, -0.25) is 9.79 Å². The first-order chi connectivity index (χ1) is 14.8. The molecule has 0 fully saturated rings. The van der Waals surface area contributed by atoms with E-state index >= 15 is 0 Å². The van der Waals surface area contributed by atoms with E-state index < -0.39 is 11.6 Å². The lowest BCUT2D eigenvalue weighted by molar-refractivity contribution is -0.172. The van der Waals surface area contributed by atoms with E-state index in [1.807, 2.05) is 6.92 Å². The van der Waals surface area contributed by atoms with E-state index in [9.17, 15) is 19.1 Å². The Morgan fingerprint density at radius 2 is 2.03 bits per heavy atom. The molecule has 0 unspecified atom stereocenters. The molecule has 0 spiro atoms. The number of hydrogen-bond donors (Lipinski definition) is 1. The fourth-order valence-corrected chi connectivity index (χ4v) is 5.21. The first kappa shape index (κ1) is 20.1. The Morgan fingerprint density at radius 3 is 2.81 bits per heavy atom. The van der Waals surface area contributed by atoms with Gasteiger partial charge in [-0.15, -0.1) is 0 Å². The van der Waals surface area contributed by atoms with Crippen LogP contribution in [0, 0.1) is 12.7 Å². The first-order valence-corrected chi connectivity index (χ1v) is 10.9. The van der Waals surface area contributed by atoms with Crippen molar-refractivity contribution in [2.24, 2.45) is 4.99 Å². The molecule has 162 valence electrons. The molecule has 1 aromatic heterocycles. The lowest BCUT2D eigenvalue weighted by atomic mass is 9.86. The van der Waals surface area contributed by atoms with Gasteiger partial charge >= 0.3 is 5.97 Å². The Morgan fingerprint density at radius 1 is 1.23 bits per heavy atom. The number of esters is 1. The lowest BCUT2D eigenvalue weighted by Gasteiger charge is -2.32. The van der Waals surface area contributed by atoms with Crippen molar-refractivity contribution in [3.05, 3.63) is 66.8 Å². The molecule has 3 aliphatic rings. The van der Waals surface area contributed by atoms with Crippen molar-refractivity contribution in [1.29, 1.82) is 0 Å². The van der Waals surface area contributed by atoms with Crippen LogP contribution in [0.3, 0.4) is 0 Å². The number of aromatic nitrogens is 1. The minimum Gasteiger partial charge on any atom is -0.458 e. The van der Waals surface area contributed by atoms with Crippen molar-refractivity contribution in [3.63, 3.8) is 0 Å². The summed E-state index contributed by atoms with van der Waals surface area (Å²) in [7, 11) is 0. The van der Waals surface area contributed by atoms with Crippen LogP contribution in [0.15, 0.2) is 21.9 Å². The van der Waals surface area contributed by atoms with Crippen molar-refractivity contribution in [2.75, 3.05) is 0 Å². The number of hydrogen-bond acceptors (Lipinski definition) is 5. The molecular weight excluding hydrogens is 399 g/mol. The second kappa shape index (κ2) is 7.12. The highest BCUT2D eigenvalue weighted by Crippen LogP contribution is 2.33. The van der Waals surface area contributed by atoms with E-state index in [0.717, 1.165) is 30.0 Å². The third kappa shape index (κ3) is 2.90. The third-order valence-electron chi connectivity index (χ3n) is 7.07. The topological polar surface area (TPSA) is 80.9 Å². The number of carbonyl (C=O) groups excluding carboxylic acids is 1. The molecule has 1 aromatic carbocycles. The number of rotatable bonds is 1. The van der Waals surface area contributed by atoms with E-state index in [1.165, 1.54) is 11.6 Å². The van der Waals surface area contributed by atoms with Crippen LogP contribution in [0.25, 0.3) is 5.57 Å². The molecule has 0 saturated heterocycles. The molecule has 0 saturated carbocycles. The average Bonchev–Trinajstić information content (AvgIpc) is 2.84. The summed E-state index contributed by atoms with van der Waals surface area (Å²) in [6.07, 6.45) is 3.47. The van der Waals surface area contributed by atoms with Gasteiger partial charge in [0.05, 0.1) is 17.5 Å². The number of aliphatic hydroxyl groups is 1. The van der Waals surface area contributed by atoms with Gasteiger partial charge in [0.2, 0.25) is 0 Å². The van der Waals surface area contributed by atoms with Crippen LogP contribution >= 0.6 is 0 Å². The molecular formula is C24H25FN2O4. The van der Waals surface area contributed by atoms with Crippen molar-refractivity contribution in [3.8, 4) is 0 Å². The maximum Gasteiger partial charge on any atom is 0.343 e. The molecule has 0 amide bonds. The van der Waals surface area contributed by atoms with Gasteiger partial charge in [0.25, 0.3) is 5.56 Å². The second-order valence-corrected chi connectivity index (χ2v) is 8.65. The molecule has 3 heterocycles. The Balaban J connectivity index is 1.75. The summed E-state index contributed by atoms with van der Waals surface area (Å²) in [4.78, 5) is 30.3. The highest BCUT2D eigenvalue weighted by molar-refractivity contribution is 5.83. The van der Waals surface area contributed by atoms with Crippen molar-refractivity contribution >= 4 is 11.5 Å². The number of pyridine rings is 1. The molecule has 2 aliphatic heterocycles. The highest BCUT2D eigenvalue weighted by atomic mass is 19.1. The minimum absolute atomic E-state index is 0.105. The number of benzene rings is 1. The molecule has 2 aromatic rings. The molecule has 1 N–H and O–H groups in total. The molecule has 5 rings (SSSR count). The van der Waals surface area contributed by atoms with E-state index in [1.54, 1.807) is 17.6 Å². The zero-order valence-corrected chi connectivity index (χ0v) is 17.8. The number of cyclic esters (lactones) is 1. The van der Waals surface area contributed by atoms with Crippen LogP contribution in [0.4, 0.5) is 4.39 Å². The molecule has 1 aliphatic carbocycles. The van der Waals surface area contributed by atoms with Gasteiger partial charge in [-0.2, -0.15) is 0 Å². The van der Waals surface area contributed by atoms with Gasteiger partial charge < -0.3 is 14.4 Å². The van der Waals surface area contributed by atoms with Crippen LogP contribution in [-0.4, -0.2) is 15.6 Å². The molecule has 0 bridgehead atoms. The molecule has 6 nitrogen and oxygen atoms in total. The summed E-state index contributed by atoms with van der Waals surface area (Å²) in [5.74, 6) is -0.996. The lowest BCUT2D eigenvalue weighted by Crippen LogP contribution is -2.45. The van der Waals surface area contributed by atoms with Crippen LogP contribution in [0.1, 0.15) is 60.6 Å². The Labute approximate surface area is 178 Å². The quantitative estimate of drug-likeness (QED) is 0.706. The Hall–Kier alpha value is -2.80. The minimum atomic E-state index is -1.84.